The van der Waals surface area contributed by atoms with E-state index in [1.54, 1.807) is 0 Å². The Kier molecular flexibility index (Phi) is 7.68. The zero-order valence-corrected chi connectivity index (χ0v) is 16.7. The van der Waals surface area contributed by atoms with Crippen molar-refractivity contribution in [2.24, 2.45) is 5.10 Å². The molecule has 0 aliphatic heterocycles. The van der Waals surface area contributed by atoms with E-state index in [-0.39, 0.29) is 36.7 Å². The van der Waals surface area contributed by atoms with Crippen molar-refractivity contribution in [3.8, 4) is 0 Å². The van der Waals surface area contributed by atoms with Crippen LogP contribution in [0.1, 0.15) is 5.56 Å². The van der Waals surface area contributed by atoms with Crippen molar-refractivity contribution in [3.63, 3.8) is 0 Å². The number of carbonyl (C=O) groups excluding carboxylic acids is 1. The van der Waals surface area contributed by atoms with Gasteiger partial charge in [0.25, 0.3) is 0 Å². The fourth-order valence-corrected chi connectivity index (χ4v) is 3.98. The van der Waals surface area contributed by atoms with Crippen LogP contribution in [0.4, 0.5) is 4.39 Å². The second-order valence-electron chi connectivity index (χ2n) is 4.53. The zero-order valence-electron chi connectivity index (χ0n) is 12.1. The Morgan fingerprint density at radius 1 is 1.00 bits per heavy atom. The number of halogens is 6. The van der Waals surface area contributed by atoms with Gasteiger partial charge in [-0.3, -0.25) is 4.79 Å². The van der Waals surface area contributed by atoms with Crippen LogP contribution < -0.4 is 5.43 Å². The molecule has 0 saturated carbocycles. The third-order valence-electron chi connectivity index (χ3n) is 2.79. The first-order valence-corrected chi connectivity index (χ1v) is 9.40. The topological polar surface area (TPSA) is 41.5 Å². The minimum Gasteiger partial charge on any atom is -0.272 e. The summed E-state index contributed by atoms with van der Waals surface area (Å²) in [4.78, 5) is 12.2. The minimum absolute atomic E-state index is 0.0332. The van der Waals surface area contributed by atoms with Gasteiger partial charge in [0, 0.05) is 4.90 Å². The molecule has 2 aromatic carbocycles. The van der Waals surface area contributed by atoms with E-state index >= 15 is 0 Å². The summed E-state index contributed by atoms with van der Waals surface area (Å²) >= 11 is 31.0. The van der Waals surface area contributed by atoms with Gasteiger partial charge in [-0.25, -0.2) is 9.82 Å². The molecular weight excluding hydrogens is 453 g/mol. The highest BCUT2D eigenvalue weighted by Crippen LogP contribution is 2.47. The number of nitrogens with one attached hydrogen (secondary N) is 1. The largest absolute Gasteiger partial charge is 0.272 e. The van der Waals surface area contributed by atoms with Gasteiger partial charge >= 0.3 is 0 Å². The third-order valence-corrected chi connectivity index (χ3v) is 6.39. The van der Waals surface area contributed by atoms with Crippen molar-refractivity contribution in [1.82, 2.24) is 5.43 Å². The number of rotatable bonds is 5. The summed E-state index contributed by atoms with van der Waals surface area (Å²) in [7, 11) is 0. The van der Waals surface area contributed by atoms with Gasteiger partial charge in [-0.15, -0.1) is 11.8 Å². The maximum Gasteiger partial charge on any atom is 0.250 e. The first kappa shape index (κ1) is 20.6. The molecule has 10 heteroatoms. The molecule has 0 unspecified atom stereocenters. The van der Waals surface area contributed by atoms with Gasteiger partial charge in [0.15, 0.2) is 0 Å². The van der Waals surface area contributed by atoms with Gasteiger partial charge in [0.05, 0.1) is 37.1 Å². The minimum atomic E-state index is -0.405. The quantitative estimate of drug-likeness (QED) is 0.186. The molecule has 0 atom stereocenters. The molecule has 25 heavy (non-hydrogen) atoms. The zero-order chi connectivity index (χ0) is 18.6. The van der Waals surface area contributed by atoms with E-state index in [0.29, 0.717) is 10.5 Å². The van der Waals surface area contributed by atoms with Crippen molar-refractivity contribution < 1.29 is 9.18 Å². The molecule has 0 bridgehead atoms. The van der Waals surface area contributed by atoms with Crippen molar-refractivity contribution in [2.45, 2.75) is 4.90 Å². The highest BCUT2D eigenvalue weighted by molar-refractivity contribution is 8.00. The second kappa shape index (κ2) is 9.31. The van der Waals surface area contributed by atoms with Crippen molar-refractivity contribution in [2.75, 3.05) is 5.75 Å². The van der Waals surface area contributed by atoms with Crippen LogP contribution in [0.2, 0.25) is 25.1 Å². The lowest BCUT2D eigenvalue weighted by atomic mass is 10.2. The molecule has 0 spiro atoms. The van der Waals surface area contributed by atoms with Crippen molar-refractivity contribution >= 4 is 81.9 Å². The summed E-state index contributed by atoms with van der Waals surface area (Å²) < 4.78 is 12.8. The fraction of sp³-hybridized carbons (Fsp3) is 0.0667. The molecule has 1 N–H and O–H groups in total. The van der Waals surface area contributed by atoms with Crippen LogP contribution in [0.15, 0.2) is 34.3 Å². The number of hydrazone groups is 1. The Labute approximate surface area is 172 Å². The Bertz CT molecular complexity index is 801. The Morgan fingerprint density at radius 3 is 2.08 bits per heavy atom. The van der Waals surface area contributed by atoms with E-state index in [9.17, 15) is 9.18 Å². The van der Waals surface area contributed by atoms with Gasteiger partial charge < -0.3 is 0 Å². The van der Waals surface area contributed by atoms with Gasteiger partial charge in [-0.05, 0) is 17.7 Å². The summed E-state index contributed by atoms with van der Waals surface area (Å²) in [5.41, 5.74) is 2.97. The number of benzene rings is 2. The lowest BCUT2D eigenvalue weighted by Crippen LogP contribution is -2.19. The molecule has 0 aliphatic carbocycles. The van der Waals surface area contributed by atoms with Crippen LogP contribution in [0.5, 0.6) is 0 Å². The molecule has 0 radical (unpaired) electrons. The highest BCUT2D eigenvalue weighted by atomic mass is 35.5. The molecule has 2 aromatic rings. The summed E-state index contributed by atoms with van der Waals surface area (Å²) in [5.74, 6) is -0.793. The molecule has 0 aromatic heterocycles. The maximum atomic E-state index is 12.8. The number of hydrogen-bond donors (Lipinski definition) is 1. The van der Waals surface area contributed by atoms with Gasteiger partial charge in [0.1, 0.15) is 5.82 Å². The van der Waals surface area contributed by atoms with E-state index < -0.39 is 5.91 Å². The standard InChI is InChI=1S/C15H8Cl5FN2OS/c16-10-11(17)13(19)15(14(20)12(10)18)25-6-9(24)23-22-5-7-1-3-8(21)4-2-7/h1-5H,6H2,(H,23,24)/b22-5+. The number of hydrogen-bond acceptors (Lipinski definition) is 3. The molecule has 0 heterocycles. The third kappa shape index (κ3) is 5.39. The summed E-state index contributed by atoms with van der Waals surface area (Å²) in [5, 5.41) is 4.20. The smallest absolute Gasteiger partial charge is 0.250 e. The number of nitrogens with zero attached hydrogens (tertiary/aromatic N) is 1. The number of amides is 1. The Hall–Kier alpha value is -0.690. The van der Waals surface area contributed by atoms with Crippen LogP contribution in [0.3, 0.4) is 0 Å². The highest BCUT2D eigenvalue weighted by Gasteiger charge is 2.20. The van der Waals surface area contributed by atoms with Crippen molar-refractivity contribution in [3.05, 3.63) is 60.8 Å². The van der Waals surface area contributed by atoms with Crippen LogP contribution in [-0.2, 0) is 4.79 Å². The Balaban J connectivity index is 1.97. The molecule has 132 valence electrons. The van der Waals surface area contributed by atoms with Crippen LogP contribution in [-0.4, -0.2) is 17.9 Å². The molecule has 0 saturated heterocycles. The average molecular weight is 461 g/mol. The van der Waals surface area contributed by atoms with E-state index in [2.05, 4.69) is 10.5 Å². The predicted molar refractivity (Wildman–Crippen MR) is 104 cm³/mol. The second-order valence-corrected chi connectivity index (χ2v) is 7.41. The van der Waals surface area contributed by atoms with Gasteiger partial charge in [-0.1, -0.05) is 70.1 Å². The van der Waals surface area contributed by atoms with Gasteiger partial charge in [0.2, 0.25) is 5.91 Å². The molecule has 3 nitrogen and oxygen atoms in total. The van der Waals surface area contributed by atoms with E-state index in [1.165, 1.54) is 30.5 Å². The van der Waals surface area contributed by atoms with Crippen LogP contribution in [0, 0.1) is 5.82 Å². The summed E-state index contributed by atoms with van der Waals surface area (Å²) in [6, 6.07) is 5.63. The molecule has 0 aliphatic rings. The average Bonchev–Trinajstić information content (AvgIpc) is 2.60. The normalized spacial score (nSPS) is 11.1. The first-order chi connectivity index (χ1) is 11.8. The maximum absolute atomic E-state index is 12.8. The van der Waals surface area contributed by atoms with E-state index in [4.69, 9.17) is 58.0 Å². The molecule has 0 fully saturated rings. The monoisotopic (exact) mass is 458 g/mol. The fourth-order valence-electron chi connectivity index (χ4n) is 1.61. The van der Waals surface area contributed by atoms with Gasteiger partial charge in [-0.2, -0.15) is 5.10 Å². The first-order valence-electron chi connectivity index (χ1n) is 6.53. The lowest BCUT2D eigenvalue weighted by molar-refractivity contribution is -0.118. The lowest BCUT2D eigenvalue weighted by Gasteiger charge is -2.11. The van der Waals surface area contributed by atoms with Crippen LogP contribution in [0.25, 0.3) is 0 Å². The van der Waals surface area contributed by atoms with E-state index in [0.717, 1.165) is 11.8 Å². The molecular formula is C15H8Cl5FN2OS. The molecule has 2 rings (SSSR count). The van der Waals surface area contributed by atoms with Crippen molar-refractivity contribution in [1.29, 1.82) is 0 Å². The van der Waals surface area contributed by atoms with Crippen LogP contribution >= 0.6 is 69.8 Å². The summed E-state index contributed by atoms with van der Waals surface area (Å²) in [6.45, 7) is 0. The van der Waals surface area contributed by atoms with E-state index in [1.807, 2.05) is 0 Å². The predicted octanol–water partition coefficient (Wildman–Crippen LogP) is 6.34. The SMILES string of the molecule is O=C(CSc1c(Cl)c(Cl)c(Cl)c(Cl)c1Cl)N/N=C/c1ccc(F)cc1. The number of thioether (sulfide) groups is 1. The number of carbonyl (C=O) groups is 1. The molecule has 1 amide bonds. The Morgan fingerprint density at radius 2 is 1.52 bits per heavy atom. The summed E-state index contributed by atoms with van der Waals surface area (Å²) in [6.07, 6.45) is 1.39.